The summed E-state index contributed by atoms with van der Waals surface area (Å²) in [5.74, 6) is -0.373. The van der Waals surface area contributed by atoms with Crippen molar-refractivity contribution in [2.24, 2.45) is 0 Å². The van der Waals surface area contributed by atoms with E-state index in [-0.39, 0.29) is 12.6 Å². The van der Waals surface area contributed by atoms with Gasteiger partial charge in [-0.25, -0.2) is 9.59 Å². The van der Waals surface area contributed by atoms with Gasteiger partial charge in [0.05, 0.1) is 6.61 Å². The van der Waals surface area contributed by atoms with E-state index in [9.17, 15) is 9.59 Å². The van der Waals surface area contributed by atoms with Crippen LogP contribution in [0.5, 0.6) is 0 Å². The predicted octanol–water partition coefficient (Wildman–Crippen LogP) is 2.36. The number of aliphatic hydroxyl groups is 1. The molecule has 0 saturated carbocycles. The van der Waals surface area contributed by atoms with Gasteiger partial charge >= 0.3 is 12.1 Å². The fourth-order valence-electron chi connectivity index (χ4n) is 0.925. The van der Waals surface area contributed by atoms with Crippen molar-refractivity contribution in [1.29, 1.82) is 0 Å². The second-order valence-electron chi connectivity index (χ2n) is 6.36. The van der Waals surface area contributed by atoms with E-state index >= 15 is 0 Å². The molecule has 0 heterocycles. The van der Waals surface area contributed by atoms with Gasteiger partial charge in [0.2, 0.25) is 0 Å². The largest absolute Gasteiger partial charge is 0.457 e. The van der Waals surface area contributed by atoms with Crippen LogP contribution in [0.1, 0.15) is 41.5 Å². The predicted molar refractivity (Wildman–Crippen MR) is 82.0 cm³/mol. The number of hydrogen-bond donors (Lipinski definition) is 1. The lowest BCUT2D eigenvalue weighted by Gasteiger charge is -2.24. The normalized spacial score (nSPS) is 10.9. The van der Waals surface area contributed by atoms with Gasteiger partial charge < -0.3 is 19.5 Å². The van der Waals surface area contributed by atoms with Crippen molar-refractivity contribution in [1.82, 2.24) is 4.90 Å². The van der Waals surface area contributed by atoms with E-state index in [1.165, 1.54) is 4.90 Å². The SMILES string of the molecule is C=CC(=O)OC(C)(C)C.CN(CCO)C(=O)OC(C)(C)C. The Morgan fingerprint density at radius 1 is 1.10 bits per heavy atom. The maximum Gasteiger partial charge on any atom is 0.410 e. The molecule has 6 heteroatoms. The second-order valence-corrected chi connectivity index (χ2v) is 6.36. The summed E-state index contributed by atoms with van der Waals surface area (Å²) in [4.78, 5) is 23.0. The lowest BCUT2D eigenvalue weighted by molar-refractivity contribution is -0.148. The van der Waals surface area contributed by atoms with Gasteiger partial charge in [0, 0.05) is 19.7 Å². The van der Waals surface area contributed by atoms with Gasteiger partial charge in [-0.2, -0.15) is 0 Å². The summed E-state index contributed by atoms with van der Waals surface area (Å²) in [6.45, 7) is 14.4. The number of carbonyl (C=O) groups excluding carboxylic acids is 2. The van der Waals surface area contributed by atoms with Gasteiger partial charge in [-0.05, 0) is 41.5 Å². The first-order chi connectivity index (χ1) is 9.32. The Hall–Kier alpha value is -1.56. The number of amides is 1. The molecule has 21 heavy (non-hydrogen) atoms. The zero-order valence-corrected chi connectivity index (χ0v) is 14.2. The summed E-state index contributed by atoms with van der Waals surface area (Å²) < 4.78 is 9.86. The molecular weight excluding hydrogens is 274 g/mol. The molecule has 0 rings (SSSR count). The standard InChI is InChI=1S/C8H17NO3.C7H12O2/c1-8(2,3)12-7(11)9(4)5-6-10;1-5-6(8)9-7(2,3)4/h10H,5-6H2,1-4H3;5H,1H2,2-4H3. The third-order valence-corrected chi connectivity index (χ3v) is 1.71. The number of aliphatic hydroxyl groups excluding tert-OH is 1. The Labute approximate surface area is 127 Å². The van der Waals surface area contributed by atoms with Crippen LogP contribution in [0.25, 0.3) is 0 Å². The molecule has 0 bridgehead atoms. The summed E-state index contributed by atoms with van der Waals surface area (Å²) in [5.41, 5.74) is -0.869. The molecule has 0 spiro atoms. The van der Waals surface area contributed by atoms with Gasteiger partial charge in [0.15, 0.2) is 0 Å². The first kappa shape index (κ1) is 21.7. The minimum atomic E-state index is -0.471. The molecule has 1 N–H and O–H groups in total. The van der Waals surface area contributed by atoms with Crippen molar-refractivity contribution in [2.75, 3.05) is 20.2 Å². The van der Waals surface area contributed by atoms with Crippen LogP contribution >= 0.6 is 0 Å². The van der Waals surface area contributed by atoms with E-state index in [1.54, 1.807) is 27.8 Å². The third-order valence-electron chi connectivity index (χ3n) is 1.71. The lowest BCUT2D eigenvalue weighted by Crippen LogP contribution is -2.35. The Bertz CT molecular complexity index is 339. The van der Waals surface area contributed by atoms with Crippen molar-refractivity contribution in [2.45, 2.75) is 52.7 Å². The van der Waals surface area contributed by atoms with Gasteiger partial charge in [-0.1, -0.05) is 6.58 Å². The van der Waals surface area contributed by atoms with Crippen LogP contribution in [0.3, 0.4) is 0 Å². The number of rotatable bonds is 3. The maximum absolute atomic E-state index is 11.1. The third kappa shape index (κ3) is 16.4. The Morgan fingerprint density at radius 2 is 1.52 bits per heavy atom. The fourth-order valence-corrected chi connectivity index (χ4v) is 0.925. The van der Waals surface area contributed by atoms with E-state index in [4.69, 9.17) is 14.6 Å². The van der Waals surface area contributed by atoms with Crippen LogP contribution in [-0.2, 0) is 14.3 Å². The number of ether oxygens (including phenoxy) is 2. The van der Waals surface area contributed by atoms with E-state index in [1.807, 2.05) is 20.8 Å². The number of hydrogen-bond acceptors (Lipinski definition) is 5. The summed E-state index contributed by atoms with van der Waals surface area (Å²) in [6, 6.07) is 0. The summed E-state index contributed by atoms with van der Waals surface area (Å²) in [5, 5.41) is 8.53. The smallest absolute Gasteiger partial charge is 0.410 e. The van der Waals surface area contributed by atoms with Crippen LogP contribution in [0.2, 0.25) is 0 Å². The molecule has 0 atom stereocenters. The highest BCUT2D eigenvalue weighted by Gasteiger charge is 2.18. The van der Waals surface area contributed by atoms with Gasteiger partial charge in [0.25, 0.3) is 0 Å². The lowest BCUT2D eigenvalue weighted by atomic mass is 10.2. The molecular formula is C15H29NO5. The molecule has 0 radical (unpaired) electrons. The number of carbonyl (C=O) groups is 2. The average molecular weight is 303 g/mol. The first-order valence-corrected chi connectivity index (χ1v) is 6.72. The summed E-state index contributed by atoms with van der Waals surface area (Å²) >= 11 is 0. The van der Waals surface area contributed by atoms with Crippen LogP contribution < -0.4 is 0 Å². The molecule has 0 saturated heterocycles. The zero-order valence-electron chi connectivity index (χ0n) is 14.2. The van der Waals surface area contributed by atoms with Gasteiger partial charge in [-0.3, -0.25) is 0 Å². The topological polar surface area (TPSA) is 76.1 Å². The molecule has 1 amide bonds. The van der Waals surface area contributed by atoms with E-state index < -0.39 is 17.3 Å². The second kappa shape index (κ2) is 9.39. The molecule has 0 aromatic rings. The Morgan fingerprint density at radius 3 is 1.76 bits per heavy atom. The molecule has 6 nitrogen and oxygen atoms in total. The Balaban J connectivity index is 0. The Kier molecular flexibility index (Phi) is 9.72. The number of nitrogens with zero attached hydrogens (tertiary/aromatic N) is 1. The summed E-state index contributed by atoms with van der Waals surface area (Å²) in [6.07, 6.45) is 0.752. The van der Waals surface area contributed by atoms with Crippen molar-refractivity contribution in [3.05, 3.63) is 12.7 Å². The van der Waals surface area contributed by atoms with Crippen LogP contribution in [0.4, 0.5) is 4.79 Å². The highest BCUT2D eigenvalue weighted by atomic mass is 16.6. The highest BCUT2D eigenvalue weighted by Crippen LogP contribution is 2.08. The average Bonchev–Trinajstić information content (AvgIpc) is 2.25. The monoisotopic (exact) mass is 303 g/mol. The molecule has 0 aliphatic heterocycles. The zero-order chi connectivity index (χ0) is 17.3. The number of esters is 1. The van der Waals surface area contributed by atoms with E-state index in [0.717, 1.165) is 6.08 Å². The fraction of sp³-hybridized carbons (Fsp3) is 0.733. The minimum Gasteiger partial charge on any atom is -0.457 e. The van der Waals surface area contributed by atoms with E-state index in [0.29, 0.717) is 6.54 Å². The molecule has 0 unspecified atom stereocenters. The quantitative estimate of drug-likeness (QED) is 0.640. The molecule has 0 aromatic carbocycles. The van der Waals surface area contributed by atoms with Crippen LogP contribution in [0.15, 0.2) is 12.7 Å². The molecule has 0 aliphatic rings. The highest BCUT2D eigenvalue weighted by molar-refractivity contribution is 5.81. The molecule has 0 fully saturated rings. The van der Waals surface area contributed by atoms with Crippen molar-refractivity contribution in [3.63, 3.8) is 0 Å². The first-order valence-electron chi connectivity index (χ1n) is 6.72. The van der Waals surface area contributed by atoms with E-state index in [2.05, 4.69) is 6.58 Å². The molecule has 0 aliphatic carbocycles. The van der Waals surface area contributed by atoms with Crippen molar-refractivity contribution >= 4 is 12.1 Å². The van der Waals surface area contributed by atoms with Crippen molar-refractivity contribution < 1.29 is 24.2 Å². The van der Waals surface area contributed by atoms with Crippen LogP contribution in [0, 0.1) is 0 Å². The van der Waals surface area contributed by atoms with Crippen LogP contribution in [-0.4, -0.2) is 53.5 Å². The number of likely N-dealkylation sites (N-methyl/N-ethyl adjacent to an activating group) is 1. The van der Waals surface area contributed by atoms with Crippen molar-refractivity contribution in [3.8, 4) is 0 Å². The maximum atomic E-state index is 11.1. The minimum absolute atomic E-state index is 0.0459. The molecule has 0 aromatic heterocycles. The van der Waals surface area contributed by atoms with Gasteiger partial charge in [0.1, 0.15) is 11.2 Å². The molecule has 124 valence electrons. The summed E-state index contributed by atoms with van der Waals surface area (Å²) in [7, 11) is 1.59. The van der Waals surface area contributed by atoms with Gasteiger partial charge in [-0.15, -0.1) is 0 Å².